The summed E-state index contributed by atoms with van der Waals surface area (Å²) in [5, 5.41) is 0. The van der Waals surface area contributed by atoms with Gasteiger partial charge in [0, 0.05) is 0 Å². The van der Waals surface area contributed by atoms with Gasteiger partial charge in [0.25, 0.3) is 0 Å². The van der Waals surface area contributed by atoms with E-state index in [0.717, 1.165) is 53.9 Å². The second-order valence-electron chi connectivity index (χ2n) is 12.2. The minimum absolute atomic E-state index is 0.623. The molecule has 0 amide bonds. The molecule has 6 aliphatic carbocycles. The normalized spacial score (nSPS) is 48.4. The fourth-order valence-corrected chi connectivity index (χ4v) is 8.62. The van der Waals surface area contributed by atoms with E-state index in [0.29, 0.717) is 10.8 Å². The average Bonchev–Trinajstić information content (AvgIpc) is 2.59. The molecule has 146 valence electrons. The number of hydrogen-bond acceptors (Lipinski definition) is 0. The van der Waals surface area contributed by atoms with Crippen LogP contribution in [0.15, 0.2) is 11.6 Å². The van der Waals surface area contributed by atoms with Crippen molar-refractivity contribution in [2.24, 2.45) is 46.3 Å². The molecule has 0 aliphatic heterocycles. The highest BCUT2D eigenvalue weighted by molar-refractivity contribution is 6.63. The number of hydrogen-bond donors (Lipinski definition) is 0. The molecule has 0 aromatic rings. The van der Waals surface area contributed by atoms with Gasteiger partial charge in [0.1, 0.15) is 0 Å². The van der Waals surface area contributed by atoms with Crippen LogP contribution in [0.25, 0.3) is 0 Å². The Hall–Kier alpha value is -0.195. The molecule has 26 heavy (non-hydrogen) atoms. The first kappa shape index (κ1) is 19.1. The molecule has 6 aliphatic rings. The van der Waals surface area contributed by atoms with Crippen LogP contribution >= 0.6 is 0 Å². The van der Waals surface area contributed by atoms with E-state index in [-0.39, 0.29) is 0 Å². The van der Waals surface area contributed by atoms with Crippen molar-refractivity contribution < 1.29 is 0 Å². The Labute approximate surface area is 164 Å². The smallest absolute Gasteiger partial charge is 0.0894 e. The van der Waals surface area contributed by atoms with Gasteiger partial charge in [-0.25, -0.2) is 0 Å². The molecular formula is C25H43B. The molecule has 8 atom stereocenters. The minimum Gasteiger partial charge on any atom is -0.0894 e. The maximum absolute atomic E-state index is 2.63. The van der Waals surface area contributed by atoms with Crippen LogP contribution in [0.1, 0.15) is 81.1 Å². The monoisotopic (exact) mass is 354 g/mol. The lowest BCUT2D eigenvalue weighted by atomic mass is 9.20. The summed E-state index contributed by atoms with van der Waals surface area (Å²) >= 11 is 0. The highest BCUT2D eigenvalue weighted by Gasteiger charge is 2.62. The van der Waals surface area contributed by atoms with Gasteiger partial charge in [0.15, 0.2) is 6.71 Å². The van der Waals surface area contributed by atoms with E-state index in [1.54, 1.807) is 5.57 Å². The maximum Gasteiger partial charge on any atom is 0.151 e. The molecular weight excluding hydrogens is 311 g/mol. The first-order chi connectivity index (χ1) is 12.1. The molecule has 4 bridgehead atoms. The van der Waals surface area contributed by atoms with Crippen molar-refractivity contribution in [2.45, 2.75) is 99.0 Å². The Kier molecular flexibility index (Phi) is 4.53. The van der Waals surface area contributed by atoms with E-state index in [1.165, 1.54) is 32.0 Å². The Morgan fingerprint density at radius 1 is 0.846 bits per heavy atom. The molecule has 0 heterocycles. The van der Waals surface area contributed by atoms with Gasteiger partial charge in [0.05, 0.1) is 0 Å². The second kappa shape index (κ2) is 6.15. The van der Waals surface area contributed by atoms with Crippen molar-refractivity contribution in [1.29, 1.82) is 0 Å². The SMILES string of the molecule is C/C=C(\C)CB([C@@H]1C[C@@H]2C[C@H]([C@H]1C)C2(C)C)[C@@H]1C[C@@H]2C[C@H]([C@H]1C)C2(C)C. The van der Waals surface area contributed by atoms with Crippen molar-refractivity contribution >= 4 is 6.71 Å². The van der Waals surface area contributed by atoms with E-state index in [2.05, 4.69) is 61.5 Å². The highest BCUT2D eigenvalue weighted by Crippen LogP contribution is 2.69. The summed E-state index contributed by atoms with van der Waals surface area (Å²) in [5.74, 6) is 7.82. The van der Waals surface area contributed by atoms with Crippen LogP contribution in [0.4, 0.5) is 0 Å². The summed E-state index contributed by atoms with van der Waals surface area (Å²) in [4.78, 5) is 0. The third kappa shape index (κ3) is 2.54. The number of fused-ring (bicyclic) bond motifs is 4. The zero-order valence-electron chi connectivity index (χ0n) is 18.8. The summed E-state index contributed by atoms with van der Waals surface area (Å²) in [7, 11) is 0. The van der Waals surface area contributed by atoms with Crippen LogP contribution in [0.5, 0.6) is 0 Å². The molecule has 0 N–H and O–H groups in total. The van der Waals surface area contributed by atoms with E-state index in [1.807, 2.05) is 0 Å². The zero-order chi connectivity index (χ0) is 19.0. The van der Waals surface area contributed by atoms with Crippen LogP contribution < -0.4 is 0 Å². The largest absolute Gasteiger partial charge is 0.151 e. The quantitative estimate of drug-likeness (QED) is 0.360. The van der Waals surface area contributed by atoms with Gasteiger partial charge >= 0.3 is 0 Å². The Balaban J connectivity index is 1.58. The molecule has 0 saturated heterocycles. The van der Waals surface area contributed by atoms with Gasteiger partial charge < -0.3 is 0 Å². The van der Waals surface area contributed by atoms with Crippen LogP contribution in [-0.2, 0) is 0 Å². The van der Waals surface area contributed by atoms with Crippen molar-refractivity contribution in [3.63, 3.8) is 0 Å². The van der Waals surface area contributed by atoms with E-state index in [4.69, 9.17) is 0 Å². The minimum atomic E-state index is 0.623. The molecule has 0 spiro atoms. The Bertz CT molecular complexity index is 543. The standard InChI is InChI=1S/C25H43B/c1-9-15(2)14-26(22-12-18-10-20(16(22)3)24(18,5)6)23-13-19-11-21(17(23)4)25(19,7)8/h9,16-23H,10-14H2,1-8H3/b15-9+/t16-,17-,18+,19+,20-,21-,22-,23-/m1/s1. The van der Waals surface area contributed by atoms with Gasteiger partial charge in [-0.15, -0.1) is 0 Å². The fourth-order valence-electron chi connectivity index (χ4n) is 8.62. The summed E-state index contributed by atoms with van der Waals surface area (Å²) in [5.41, 5.74) is 2.89. The molecule has 0 unspecified atom stereocenters. The van der Waals surface area contributed by atoms with E-state index >= 15 is 0 Å². The molecule has 6 saturated carbocycles. The van der Waals surface area contributed by atoms with Crippen LogP contribution in [0.3, 0.4) is 0 Å². The first-order valence-electron chi connectivity index (χ1n) is 11.7. The van der Waals surface area contributed by atoms with Gasteiger partial charge in [-0.1, -0.05) is 84.0 Å². The van der Waals surface area contributed by atoms with Crippen molar-refractivity contribution in [3.05, 3.63) is 11.6 Å². The number of rotatable bonds is 4. The molecule has 6 rings (SSSR count). The van der Waals surface area contributed by atoms with Crippen molar-refractivity contribution in [3.8, 4) is 0 Å². The third-order valence-corrected chi connectivity index (χ3v) is 11.0. The van der Waals surface area contributed by atoms with E-state index < -0.39 is 0 Å². The van der Waals surface area contributed by atoms with Gasteiger partial charge in [-0.05, 0) is 73.0 Å². The molecule has 0 radical (unpaired) electrons. The lowest BCUT2D eigenvalue weighted by Gasteiger charge is -2.66. The number of allylic oxidation sites excluding steroid dienone is 2. The Morgan fingerprint density at radius 2 is 1.27 bits per heavy atom. The van der Waals surface area contributed by atoms with Crippen molar-refractivity contribution in [1.82, 2.24) is 0 Å². The predicted octanol–water partition coefficient (Wildman–Crippen LogP) is 7.59. The van der Waals surface area contributed by atoms with Crippen molar-refractivity contribution in [2.75, 3.05) is 0 Å². The summed E-state index contributed by atoms with van der Waals surface area (Å²) < 4.78 is 0. The second-order valence-corrected chi connectivity index (χ2v) is 12.2. The average molecular weight is 354 g/mol. The lowest BCUT2D eigenvalue weighted by molar-refractivity contribution is -0.107. The molecule has 6 fully saturated rings. The van der Waals surface area contributed by atoms with Crippen LogP contribution in [0.2, 0.25) is 18.0 Å². The van der Waals surface area contributed by atoms with Gasteiger partial charge in [-0.3, -0.25) is 0 Å². The first-order valence-corrected chi connectivity index (χ1v) is 11.7. The molecule has 1 heteroatoms. The molecule has 0 aromatic heterocycles. The summed E-state index contributed by atoms with van der Waals surface area (Å²) in [6, 6.07) is 0. The molecule has 0 nitrogen and oxygen atoms in total. The van der Waals surface area contributed by atoms with Gasteiger partial charge in [0.2, 0.25) is 0 Å². The van der Waals surface area contributed by atoms with Crippen LogP contribution in [-0.4, -0.2) is 6.71 Å². The summed E-state index contributed by atoms with van der Waals surface area (Å²) in [6.07, 6.45) is 9.86. The molecule has 0 aromatic carbocycles. The van der Waals surface area contributed by atoms with Crippen LogP contribution in [0, 0.1) is 46.3 Å². The fraction of sp³-hybridized carbons (Fsp3) is 0.920. The lowest BCUT2D eigenvalue weighted by Crippen LogP contribution is -2.59. The Morgan fingerprint density at radius 3 is 1.58 bits per heavy atom. The summed E-state index contributed by atoms with van der Waals surface area (Å²) in [6.45, 7) is 21.1. The van der Waals surface area contributed by atoms with E-state index in [9.17, 15) is 0 Å². The zero-order valence-corrected chi connectivity index (χ0v) is 18.8. The predicted molar refractivity (Wildman–Crippen MR) is 116 cm³/mol. The topological polar surface area (TPSA) is 0 Å². The van der Waals surface area contributed by atoms with Gasteiger partial charge in [-0.2, -0.15) is 0 Å². The highest BCUT2D eigenvalue weighted by atomic mass is 14.6. The third-order valence-electron chi connectivity index (χ3n) is 11.0. The maximum atomic E-state index is 2.63.